The van der Waals surface area contributed by atoms with Gasteiger partial charge in [-0.15, -0.1) is 0 Å². The molecule has 0 amide bonds. The monoisotopic (exact) mass is 162 g/mol. The van der Waals surface area contributed by atoms with Gasteiger partial charge in [-0.1, -0.05) is 0 Å². The van der Waals surface area contributed by atoms with Crippen molar-refractivity contribution >= 4 is 8.32 Å². The lowest BCUT2D eigenvalue weighted by atomic mass is 10.5. The fourth-order valence-corrected chi connectivity index (χ4v) is 2.15. The van der Waals surface area contributed by atoms with Crippen molar-refractivity contribution in [2.75, 3.05) is 13.7 Å². The summed E-state index contributed by atoms with van der Waals surface area (Å²) in [5, 5.41) is 0. The van der Waals surface area contributed by atoms with Gasteiger partial charge in [0.2, 0.25) is 0 Å². The van der Waals surface area contributed by atoms with Crippen molar-refractivity contribution in [3.63, 3.8) is 0 Å². The summed E-state index contributed by atoms with van der Waals surface area (Å²) >= 11 is 0. The normalized spacial score (nSPS) is 15.3. The van der Waals surface area contributed by atoms with Gasteiger partial charge in [0.05, 0.1) is 12.7 Å². The molecule has 1 atom stereocenters. The highest BCUT2D eigenvalue weighted by atomic mass is 28.4. The SMILES string of the molecule is COCC(C)O[Si](C)(C)C. The molecule has 0 rings (SSSR count). The second kappa shape index (κ2) is 4.11. The smallest absolute Gasteiger partial charge is 0.184 e. The zero-order valence-electron chi connectivity index (χ0n) is 7.60. The van der Waals surface area contributed by atoms with Gasteiger partial charge >= 0.3 is 0 Å². The van der Waals surface area contributed by atoms with E-state index in [0.29, 0.717) is 6.61 Å². The number of hydrogen-bond acceptors (Lipinski definition) is 2. The number of hydrogen-bond donors (Lipinski definition) is 0. The summed E-state index contributed by atoms with van der Waals surface area (Å²) < 4.78 is 10.6. The lowest BCUT2D eigenvalue weighted by molar-refractivity contribution is 0.0877. The molecule has 0 aromatic carbocycles. The molecule has 0 bridgehead atoms. The molecule has 0 N–H and O–H groups in total. The number of methoxy groups -OCH3 is 1. The van der Waals surface area contributed by atoms with Crippen LogP contribution in [0.15, 0.2) is 0 Å². The predicted octanol–water partition coefficient (Wildman–Crippen LogP) is 1.87. The molecule has 1 unspecified atom stereocenters. The van der Waals surface area contributed by atoms with Crippen LogP contribution < -0.4 is 0 Å². The summed E-state index contributed by atoms with van der Waals surface area (Å²) in [6.07, 6.45) is 0.247. The number of rotatable bonds is 4. The van der Waals surface area contributed by atoms with E-state index in [-0.39, 0.29) is 6.10 Å². The molecule has 0 aliphatic carbocycles. The Bertz CT molecular complexity index is 88.1. The van der Waals surface area contributed by atoms with Crippen LogP contribution in [0, 0.1) is 0 Å². The van der Waals surface area contributed by atoms with E-state index in [1.165, 1.54) is 0 Å². The highest BCUT2D eigenvalue weighted by Crippen LogP contribution is 2.06. The lowest BCUT2D eigenvalue weighted by Crippen LogP contribution is -2.32. The van der Waals surface area contributed by atoms with Crippen LogP contribution in [-0.2, 0) is 9.16 Å². The molecule has 3 heteroatoms. The third-order valence-electron chi connectivity index (χ3n) is 0.956. The molecule has 0 saturated carbocycles. The molecule has 0 radical (unpaired) electrons. The van der Waals surface area contributed by atoms with Crippen molar-refractivity contribution in [1.82, 2.24) is 0 Å². The largest absolute Gasteiger partial charge is 0.413 e. The molecule has 0 saturated heterocycles. The lowest BCUT2D eigenvalue weighted by Gasteiger charge is -2.22. The first kappa shape index (κ1) is 10.1. The minimum absolute atomic E-state index is 0.247. The van der Waals surface area contributed by atoms with E-state index in [9.17, 15) is 0 Å². The fourth-order valence-electron chi connectivity index (χ4n) is 0.872. The molecule has 2 nitrogen and oxygen atoms in total. The van der Waals surface area contributed by atoms with Crippen molar-refractivity contribution in [2.45, 2.75) is 32.7 Å². The first-order valence-corrected chi connectivity index (χ1v) is 7.03. The maximum absolute atomic E-state index is 5.69. The molecule has 10 heavy (non-hydrogen) atoms. The third kappa shape index (κ3) is 6.26. The summed E-state index contributed by atoms with van der Waals surface area (Å²) in [6.45, 7) is 9.28. The van der Waals surface area contributed by atoms with E-state index in [1.54, 1.807) is 7.11 Å². The average molecular weight is 162 g/mol. The van der Waals surface area contributed by atoms with Crippen LogP contribution in [0.4, 0.5) is 0 Å². The van der Waals surface area contributed by atoms with E-state index >= 15 is 0 Å². The van der Waals surface area contributed by atoms with Gasteiger partial charge in [0.1, 0.15) is 0 Å². The highest BCUT2D eigenvalue weighted by Gasteiger charge is 2.17. The Morgan fingerprint density at radius 1 is 1.30 bits per heavy atom. The van der Waals surface area contributed by atoms with Crippen molar-refractivity contribution in [3.05, 3.63) is 0 Å². The summed E-state index contributed by atoms with van der Waals surface area (Å²) in [5.74, 6) is 0. The second-order valence-corrected chi connectivity index (χ2v) is 7.96. The molecule has 0 fully saturated rings. The Morgan fingerprint density at radius 3 is 2.10 bits per heavy atom. The standard InChI is InChI=1S/C7H18O2Si/c1-7(6-8-2)9-10(3,4)5/h7H,6H2,1-5H3. The summed E-state index contributed by atoms with van der Waals surface area (Å²) in [4.78, 5) is 0. The Balaban J connectivity index is 3.47. The van der Waals surface area contributed by atoms with Crippen LogP contribution in [0.25, 0.3) is 0 Å². The molecule has 0 heterocycles. The predicted molar refractivity (Wildman–Crippen MR) is 45.8 cm³/mol. The van der Waals surface area contributed by atoms with Crippen LogP contribution in [0.1, 0.15) is 6.92 Å². The van der Waals surface area contributed by atoms with Gasteiger partial charge in [0.25, 0.3) is 0 Å². The maximum Gasteiger partial charge on any atom is 0.184 e. The Hall–Kier alpha value is 0.137. The minimum Gasteiger partial charge on any atom is -0.413 e. The minimum atomic E-state index is -1.34. The van der Waals surface area contributed by atoms with Crippen LogP contribution in [0.3, 0.4) is 0 Å². The van der Waals surface area contributed by atoms with Crippen LogP contribution in [0.2, 0.25) is 19.6 Å². The maximum atomic E-state index is 5.69. The van der Waals surface area contributed by atoms with E-state index in [0.717, 1.165) is 0 Å². The molecule has 0 aromatic rings. The van der Waals surface area contributed by atoms with Gasteiger partial charge in [0.15, 0.2) is 8.32 Å². The first-order chi connectivity index (χ1) is 4.45. The summed E-state index contributed by atoms with van der Waals surface area (Å²) in [6, 6.07) is 0. The van der Waals surface area contributed by atoms with Crippen LogP contribution in [-0.4, -0.2) is 28.1 Å². The van der Waals surface area contributed by atoms with Gasteiger partial charge in [0, 0.05) is 7.11 Å². The Kier molecular flexibility index (Phi) is 4.16. The molecule has 0 aliphatic heterocycles. The quantitative estimate of drug-likeness (QED) is 0.588. The van der Waals surface area contributed by atoms with Crippen molar-refractivity contribution in [1.29, 1.82) is 0 Å². The zero-order valence-corrected chi connectivity index (χ0v) is 8.60. The van der Waals surface area contributed by atoms with Gasteiger partial charge in [-0.2, -0.15) is 0 Å². The van der Waals surface area contributed by atoms with E-state index in [4.69, 9.17) is 9.16 Å². The van der Waals surface area contributed by atoms with Gasteiger partial charge in [-0.05, 0) is 26.6 Å². The van der Waals surface area contributed by atoms with E-state index < -0.39 is 8.32 Å². The fraction of sp³-hybridized carbons (Fsp3) is 1.00. The molecule has 0 spiro atoms. The molecule has 62 valence electrons. The zero-order chi connectivity index (χ0) is 8.20. The number of ether oxygens (including phenoxy) is 1. The van der Waals surface area contributed by atoms with Gasteiger partial charge < -0.3 is 9.16 Å². The third-order valence-corrected chi connectivity index (χ3v) is 2.07. The van der Waals surface area contributed by atoms with Crippen molar-refractivity contribution < 1.29 is 9.16 Å². The Morgan fingerprint density at radius 2 is 1.80 bits per heavy atom. The van der Waals surface area contributed by atoms with Crippen molar-refractivity contribution in [2.24, 2.45) is 0 Å². The Labute approximate surface area is 64.7 Å². The summed E-state index contributed by atoms with van der Waals surface area (Å²) in [5.41, 5.74) is 0. The summed E-state index contributed by atoms with van der Waals surface area (Å²) in [7, 11) is 0.361. The molecular formula is C7H18O2Si. The van der Waals surface area contributed by atoms with Crippen LogP contribution in [0.5, 0.6) is 0 Å². The average Bonchev–Trinajstić information content (AvgIpc) is 1.59. The van der Waals surface area contributed by atoms with Crippen LogP contribution >= 0.6 is 0 Å². The van der Waals surface area contributed by atoms with Gasteiger partial charge in [-0.25, -0.2) is 0 Å². The highest BCUT2D eigenvalue weighted by molar-refractivity contribution is 6.69. The molecule has 0 aliphatic rings. The topological polar surface area (TPSA) is 18.5 Å². The van der Waals surface area contributed by atoms with Crippen molar-refractivity contribution in [3.8, 4) is 0 Å². The van der Waals surface area contributed by atoms with E-state index in [2.05, 4.69) is 19.6 Å². The van der Waals surface area contributed by atoms with E-state index in [1.807, 2.05) is 6.92 Å². The van der Waals surface area contributed by atoms with Gasteiger partial charge in [-0.3, -0.25) is 0 Å². The molecule has 0 aromatic heterocycles. The first-order valence-electron chi connectivity index (χ1n) is 3.62. The molecular weight excluding hydrogens is 144 g/mol. The second-order valence-electron chi connectivity index (χ2n) is 3.50.